The fourth-order valence-corrected chi connectivity index (χ4v) is 3.97. The molecule has 6 nitrogen and oxygen atoms in total. The number of amides is 1. The Kier molecular flexibility index (Phi) is 4.27. The standard InChI is InChI=1S/C18H20N4O2S/c1-11-16-13(18(23)19-10-12-5-3-7-24-12)9-14(15-6-4-8-25-15)20-17(16)22(2)21-11/h4,6,8-9,12H,3,5,7,10H2,1-2H3,(H,19,23)/t12-/m0/s1. The Hall–Kier alpha value is -2.25. The van der Waals surface area contributed by atoms with Crippen molar-refractivity contribution >= 4 is 28.3 Å². The van der Waals surface area contributed by atoms with Gasteiger partial charge in [0.25, 0.3) is 5.91 Å². The lowest BCUT2D eigenvalue weighted by atomic mass is 10.1. The Bertz CT molecular complexity index is 911. The van der Waals surface area contributed by atoms with Gasteiger partial charge in [-0.05, 0) is 37.3 Å². The molecule has 130 valence electrons. The highest BCUT2D eigenvalue weighted by Crippen LogP contribution is 2.29. The van der Waals surface area contributed by atoms with E-state index in [-0.39, 0.29) is 12.0 Å². The maximum atomic E-state index is 12.9. The third-order valence-corrected chi connectivity index (χ3v) is 5.39. The van der Waals surface area contributed by atoms with Crippen molar-refractivity contribution in [2.45, 2.75) is 25.9 Å². The van der Waals surface area contributed by atoms with Gasteiger partial charge >= 0.3 is 0 Å². The summed E-state index contributed by atoms with van der Waals surface area (Å²) in [6.07, 6.45) is 2.18. The average Bonchev–Trinajstić information content (AvgIpc) is 3.35. The minimum atomic E-state index is -0.100. The van der Waals surface area contributed by atoms with Gasteiger partial charge < -0.3 is 10.1 Å². The van der Waals surface area contributed by atoms with Crippen LogP contribution in [0.1, 0.15) is 28.9 Å². The maximum absolute atomic E-state index is 12.9. The zero-order chi connectivity index (χ0) is 17.4. The van der Waals surface area contributed by atoms with E-state index in [2.05, 4.69) is 10.4 Å². The van der Waals surface area contributed by atoms with Crippen LogP contribution in [0.2, 0.25) is 0 Å². The van der Waals surface area contributed by atoms with Crippen LogP contribution in [0.4, 0.5) is 0 Å². The second-order valence-electron chi connectivity index (χ2n) is 6.29. The summed E-state index contributed by atoms with van der Waals surface area (Å²) in [5.74, 6) is -0.100. The van der Waals surface area contributed by atoms with Gasteiger partial charge in [0.15, 0.2) is 5.65 Å². The molecule has 0 radical (unpaired) electrons. The van der Waals surface area contributed by atoms with Gasteiger partial charge in [-0.1, -0.05) is 6.07 Å². The highest BCUT2D eigenvalue weighted by atomic mass is 32.1. The Morgan fingerprint density at radius 3 is 3.12 bits per heavy atom. The molecule has 1 aliphatic heterocycles. The van der Waals surface area contributed by atoms with Crippen LogP contribution in [-0.2, 0) is 11.8 Å². The predicted octanol–water partition coefficient (Wildman–Crippen LogP) is 2.91. The molecule has 0 bridgehead atoms. The van der Waals surface area contributed by atoms with E-state index in [0.29, 0.717) is 12.1 Å². The molecule has 0 spiro atoms. The molecular weight excluding hydrogens is 336 g/mol. The molecule has 3 aromatic heterocycles. The number of thiophene rings is 1. The summed E-state index contributed by atoms with van der Waals surface area (Å²) in [4.78, 5) is 18.6. The predicted molar refractivity (Wildman–Crippen MR) is 97.9 cm³/mol. The number of nitrogens with zero attached hydrogens (tertiary/aromatic N) is 3. The normalized spacial score (nSPS) is 17.3. The van der Waals surface area contributed by atoms with E-state index in [9.17, 15) is 4.79 Å². The minimum absolute atomic E-state index is 0.100. The lowest BCUT2D eigenvalue weighted by Crippen LogP contribution is -2.32. The third-order valence-electron chi connectivity index (χ3n) is 4.50. The van der Waals surface area contributed by atoms with Gasteiger partial charge in [-0.25, -0.2) is 4.98 Å². The van der Waals surface area contributed by atoms with Crippen molar-refractivity contribution in [1.82, 2.24) is 20.1 Å². The van der Waals surface area contributed by atoms with E-state index in [1.807, 2.05) is 37.6 Å². The maximum Gasteiger partial charge on any atom is 0.252 e. The Labute approximate surface area is 149 Å². The SMILES string of the molecule is Cc1nn(C)c2nc(-c3cccs3)cc(C(=O)NC[C@@H]3CCCO3)c12. The monoisotopic (exact) mass is 356 g/mol. The molecule has 25 heavy (non-hydrogen) atoms. The first kappa shape index (κ1) is 16.2. The summed E-state index contributed by atoms with van der Waals surface area (Å²) in [7, 11) is 1.86. The van der Waals surface area contributed by atoms with Gasteiger partial charge in [-0.2, -0.15) is 5.10 Å². The summed E-state index contributed by atoms with van der Waals surface area (Å²) < 4.78 is 7.33. The van der Waals surface area contributed by atoms with Crippen LogP contribution in [0.5, 0.6) is 0 Å². The molecule has 3 aromatic rings. The third kappa shape index (κ3) is 3.05. The number of nitrogens with one attached hydrogen (secondary N) is 1. The molecule has 1 aliphatic rings. The van der Waals surface area contributed by atoms with Crippen LogP contribution in [-0.4, -0.2) is 39.9 Å². The van der Waals surface area contributed by atoms with Crippen molar-refractivity contribution in [2.75, 3.05) is 13.2 Å². The molecule has 0 aliphatic carbocycles. The molecule has 1 atom stereocenters. The lowest BCUT2D eigenvalue weighted by molar-refractivity contribution is 0.0859. The number of carbonyl (C=O) groups excluding carboxylic acids is 1. The van der Waals surface area contributed by atoms with Crippen molar-refractivity contribution in [3.8, 4) is 10.6 Å². The Morgan fingerprint density at radius 2 is 2.40 bits per heavy atom. The number of aromatic nitrogens is 3. The Balaban J connectivity index is 1.73. The van der Waals surface area contributed by atoms with Crippen LogP contribution >= 0.6 is 11.3 Å². The van der Waals surface area contributed by atoms with Crippen molar-refractivity contribution in [3.63, 3.8) is 0 Å². The number of ether oxygens (including phenoxy) is 1. The molecular formula is C18H20N4O2S. The van der Waals surface area contributed by atoms with E-state index in [4.69, 9.17) is 9.72 Å². The molecule has 0 saturated carbocycles. The zero-order valence-electron chi connectivity index (χ0n) is 14.3. The van der Waals surface area contributed by atoms with Crippen molar-refractivity contribution in [3.05, 3.63) is 34.8 Å². The number of aryl methyl sites for hydroxylation is 2. The highest BCUT2D eigenvalue weighted by Gasteiger charge is 2.21. The number of rotatable bonds is 4. The van der Waals surface area contributed by atoms with Crippen molar-refractivity contribution in [2.24, 2.45) is 7.05 Å². The zero-order valence-corrected chi connectivity index (χ0v) is 15.1. The van der Waals surface area contributed by atoms with Crippen LogP contribution in [0, 0.1) is 6.92 Å². The quantitative estimate of drug-likeness (QED) is 0.780. The topological polar surface area (TPSA) is 69.0 Å². The molecule has 1 saturated heterocycles. The summed E-state index contributed by atoms with van der Waals surface area (Å²) in [6, 6.07) is 5.86. The molecule has 0 aromatic carbocycles. The number of fused-ring (bicyclic) bond motifs is 1. The molecule has 1 N–H and O–H groups in total. The largest absolute Gasteiger partial charge is 0.376 e. The van der Waals surface area contributed by atoms with Gasteiger partial charge in [0, 0.05) is 20.2 Å². The molecule has 1 amide bonds. The second kappa shape index (κ2) is 6.57. The molecule has 0 unspecified atom stereocenters. The first-order valence-electron chi connectivity index (χ1n) is 8.41. The van der Waals surface area contributed by atoms with Crippen molar-refractivity contribution in [1.29, 1.82) is 0 Å². The lowest BCUT2D eigenvalue weighted by Gasteiger charge is -2.12. The summed E-state index contributed by atoms with van der Waals surface area (Å²) in [5, 5.41) is 10.3. The average molecular weight is 356 g/mol. The van der Waals surface area contributed by atoms with Gasteiger partial charge in [0.2, 0.25) is 0 Å². The van der Waals surface area contributed by atoms with Crippen LogP contribution in [0.25, 0.3) is 21.6 Å². The van der Waals surface area contributed by atoms with E-state index in [1.54, 1.807) is 16.0 Å². The first-order valence-corrected chi connectivity index (χ1v) is 9.29. The number of hydrogen-bond donors (Lipinski definition) is 1. The van der Waals surface area contributed by atoms with Gasteiger partial charge in [-0.3, -0.25) is 9.48 Å². The molecule has 1 fully saturated rings. The molecule has 4 rings (SSSR count). The van der Waals surface area contributed by atoms with Gasteiger partial charge in [-0.15, -0.1) is 11.3 Å². The summed E-state index contributed by atoms with van der Waals surface area (Å²) in [5.41, 5.74) is 2.96. The summed E-state index contributed by atoms with van der Waals surface area (Å²) >= 11 is 1.61. The smallest absolute Gasteiger partial charge is 0.252 e. The number of carbonyl (C=O) groups is 1. The molecule has 7 heteroatoms. The number of pyridine rings is 1. The van der Waals surface area contributed by atoms with Gasteiger partial charge in [0.1, 0.15) is 0 Å². The van der Waals surface area contributed by atoms with Crippen molar-refractivity contribution < 1.29 is 9.53 Å². The minimum Gasteiger partial charge on any atom is -0.376 e. The van der Waals surface area contributed by atoms with Crippen LogP contribution in [0.3, 0.4) is 0 Å². The first-order chi connectivity index (χ1) is 12.1. The summed E-state index contributed by atoms with van der Waals surface area (Å²) in [6.45, 7) is 3.23. The van der Waals surface area contributed by atoms with E-state index >= 15 is 0 Å². The van der Waals surface area contributed by atoms with E-state index in [1.165, 1.54) is 0 Å². The fraction of sp³-hybridized carbons (Fsp3) is 0.389. The van der Waals surface area contributed by atoms with E-state index in [0.717, 1.165) is 46.7 Å². The van der Waals surface area contributed by atoms with E-state index < -0.39 is 0 Å². The Morgan fingerprint density at radius 1 is 1.52 bits per heavy atom. The molecule has 4 heterocycles. The van der Waals surface area contributed by atoms with Crippen LogP contribution in [0.15, 0.2) is 23.6 Å². The van der Waals surface area contributed by atoms with Crippen LogP contribution < -0.4 is 5.32 Å². The number of hydrogen-bond acceptors (Lipinski definition) is 5. The second-order valence-corrected chi connectivity index (χ2v) is 7.23. The highest BCUT2D eigenvalue weighted by molar-refractivity contribution is 7.13. The fourth-order valence-electron chi connectivity index (χ4n) is 3.28. The van der Waals surface area contributed by atoms with Gasteiger partial charge in [0.05, 0.1) is 33.3 Å².